The zero-order chi connectivity index (χ0) is 14.0. The zero-order valence-corrected chi connectivity index (χ0v) is 13.2. The molecule has 0 saturated heterocycles. The molecule has 0 bridgehead atoms. The molecular formula is C15H33NO2. The van der Waals surface area contributed by atoms with E-state index in [0.717, 1.165) is 38.5 Å². The molecule has 0 aromatic rings. The van der Waals surface area contributed by atoms with Gasteiger partial charge in [-0.25, -0.2) is 0 Å². The minimum Gasteiger partial charge on any atom is -0.379 e. The maximum atomic E-state index is 5.80. The van der Waals surface area contributed by atoms with E-state index in [1.807, 2.05) is 0 Å². The summed E-state index contributed by atoms with van der Waals surface area (Å²) >= 11 is 0. The van der Waals surface area contributed by atoms with Gasteiger partial charge in [0.25, 0.3) is 0 Å². The molecule has 3 heteroatoms. The van der Waals surface area contributed by atoms with Gasteiger partial charge in [0.05, 0.1) is 11.7 Å². The van der Waals surface area contributed by atoms with E-state index in [4.69, 9.17) is 9.47 Å². The lowest BCUT2D eigenvalue weighted by molar-refractivity contribution is -0.0248. The summed E-state index contributed by atoms with van der Waals surface area (Å²) in [7, 11) is 1.75. The van der Waals surface area contributed by atoms with Crippen LogP contribution in [0.4, 0.5) is 0 Å². The van der Waals surface area contributed by atoms with Crippen molar-refractivity contribution in [2.24, 2.45) is 5.92 Å². The van der Waals surface area contributed by atoms with Crippen molar-refractivity contribution in [1.29, 1.82) is 0 Å². The molecule has 1 N–H and O–H groups in total. The Morgan fingerprint density at radius 2 is 1.83 bits per heavy atom. The third-order valence-corrected chi connectivity index (χ3v) is 3.18. The lowest BCUT2D eigenvalue weighted by atomic mass is 10.1. The first-order valence-electron chi connectivity index (χ1n) is 7.25. The summed E-state index contributed by atoms with van der Waals surface area (Å²) in [6.07, 6.45) is 3.60. The first-order valence-corrected chi connectivity index (χ1v) is 7.25. The standard InChI is InChI=1S/C15H33NO2/c1-13(2)12-16-10-7-8-14(3)18-11-9-15(4,5)17-6/h13-14,16H,7-12H2,1-6H3. The zero-order valence-electron chi connectivity index (χ0n) is 13.2. The molecule has 110 valence electrons. The average molecular weight is 259 g/mol. The Bertz CT molecular complexity index is 193. The Hall–Kier alpha value is -0.120. The fourth-order valence-electron chi connectivity index (χ4n) is 1.60. The van der Waals surface area contributed by atoms with E-state index in [0.29, 0.717) is 6.10 Å². The highest BCUT2D eigenvalue weighted by Crippen LogP contribution is 2.13. The third-order valence-electron chi connectivity index (χ3n) is 3.18. The quantitative estimate of drug-likeness (QED) is 0.578. The van der Waals surface area contributed by atoms with Crippen LogP contribution in [0.15, 0.2) is 0 Å². The van der Waals surface area contributed by atoms with Gasteiger partial charge >= 0.3 is 0 Å². The smallest absolute Gasteiger partial charge is 0.0644 e. The second-order valence-corrected chi connectivity index (χ2v) is 6.14. The second-order valence-electron chi connectivity index (χ2n) is 6.14. The Labute approximate surface area is 114 Å². The molecule has 0 aliphatic rings. The molecule has 1 atom stereocenters. The summed E-state index contributed by atoms with van der Waals surface area (Å²) < 4.78 is 11.2. The van der Waals surface area contributed by atoms with Crippen LogP contribution >= 0.6 is 0 Å². The van der Waals surface area contributed by atoms with Crippen LogP contribution in [0, 0.1) is 5.92 Å². The van der Waals surface area contributed by atoms with Crippen LogP contribution in [0.2, 0.25) is 0 Å². The summed E-state index contributed by atoms with van der Waals surface area (Å²) in [5.41, 5.74) is -0.0709. The monoisotopic (exact) mass is 259 g/mol. The summed E-state index contributed by atoms with van der Waals surface area (Å²) in [5, 5.41) is 3.45. The molecule has 3 nitrogen and oxygen atoms in total. The largest absolute Gasteiger partial charge is 0.379 e. The van der Waals surface area contributed by atoms with Crippen LogP contribution in [0.25, 0.3) is 0 Å². The van der Waals surface area contributed by atoms with Crippen molar-refractivity contribution in [2.45, 2.75) is 65.6 Å². The highest BCUT2D eigenvalue weighted by Gasteiger charge is 2.16. The lowest BCUT2D eigenvalue weighted by Crippen LogP contribution is -2.26. The Balaban J connectivity index is 3.40. The molecule has 0 radical (unpaired) electrons. The second kappa shape index (κ2) is 9.76. The van der Waals surface area contributed by atoms with E-state index < -0.39 is 0 Å². The summed E-state index contributed by atoms with van der Waals surface area (Å²) in [4.78, 5) is 0. The van der Waals surface area contributed by atoms with Gasteiger partial charge in [-0.15, -0.1) is 0 Å². The van der Waals surface area contributed by atoms with Gasteiger partial charge < -0.3 is 14.8 Å². The maximum Gasteiger partial charge on any atom is 0.0644 e. The number of nitrogens with one attached hydrogen (secondary N) is 1. The van der Waals surface area contributed by atoms with Crippen LogP contribution in [-0.4, -0.2) is 38.5 Å². The van der Waals surface area contributed by atoms with Gasteiger partial charge in [-0.2, -0.15) is 0 Å². The van der Waals surface area contributed by atoms with Gasteiger partial charge in [0.2, 0.25) is 0 Å². The number of methoxy groups -OCH3 is 1. The fourth-order valence-corrected chi connectivity index (χ4v) is 1.60. The normalized spacial score (nSPS) is 14.2. The first kappa shape index (κ1) is 17.9. The van der Waals surface area contributed by atoms with Crippen LogP contribution in [0.3, 0.4) is 0 Å². The maximum absolute atomic E-state index is 5.80. The minimum absolute atomic E-state index is 0.0709. The Kier molecular flexibility index (Phi) is 9.70. The van der Waals surface area contributed by atoms with E-state index in [9.17, 15) is 0 Å². The van der Waals surface area contributed by atoms with Gasteiger partial charge in [-0.05, 0) is 59.0 Å². The molecule has 0 spiro atoms. The summed E-state index contributed by atoms with van der Waals surface area (Å²) in [5.74, 6) is 0.731. The fraction of sp³-hybridized carbons (Fsp3) is 1.00. The lowest BCUT2D eigenvalue weighted by Gasteiger charge is -2.23. The molecule has 0 saturated carbocycles. The molecule has 1 unspecified atom stereocenters. The van der Waals surface area contributed by atoms with Crippen LogP contribution in [0.1, 0.15) is 53.9 Å². The third kappa shape index (κ3) is 11.0. The SMILES string of the molecule is COC(C)(C)CCOC(C)CCCNCC(C)C. The molecule has 0 fully saturated rings. The van der Waals surface area contributed by atoms with Gasteiger partial charge in [0.1, 0.15) is 0 Å². The molecule has 0 aliphatic carbocycles. The van der Waals surface area contributed by atoms with Crippen LogP contribution < -0.4 is 5.32 Å². The number of hydrogen-bond acceptors (Lipinski definition) is 3. The highest BCUT2D eigenvalue weighted by atomic mass is 16.5. The average Bonchev–Trinajstić information content (AvgIpc) is 2.28. The highest BCUT2D eigenvalue weighted by molar-refractivity contribution is 4.67. The van der Waals surface area contributed by atoms with E-state index in [-0.39, 0.29) is 5.60 Å². The molecule has 0 amide bonds. The minimum atomic E-state index is -0.0709. The van der Waals surface area contributed by atoms with E-state index >= 15 is 0 Å². The topological polar surface area (TPSA) is 30.5 Å². The van der Waals surface area contributed by atoms with Crippen molar-refractivity contribution in [3.05, 3.63) is 0 Å². The van der Waals surface area contributed by atoms with E-state index in [2.05, 4.69) is 39.9 Å². The van der Waals surface area contributed by atoms with Crippen molar-refractivity contribution < 1.29 is 9.47 Å². The van der Waals surface area contributed by atoms with E-state index in [1.54, 1.807) is 7.11 Å². The Morgan fingerprint density at radius 3 is 2.39 bits per heavy atom. The first-order chi connectivity index (χ1) is 8.37. The predicted molar refractivity (Wildman–Crippen MR) is 78.1 cm³/mol. The van der Waals surface area contributed by atoms with Gasteiger partial charge in [0.15, 0.2) is 0 Å². The molecule has 0 aliphatic heterocycles. The predicted octanol–water partition coefficient (Wildman–Crippen LogP) is 3.23. The summed E-state index contributed by atoms with van der Waals surface area (Å²) in [6, 6.07) is 0. The van der Waals surface area contributed by atoms with Gasteiger partial charge in [-0.3, -0.25) is 0 Å². The number of rotatable bonds is 11. The van der Waals surface area contributed by atoms with Crippen LogP contribution in [0.5, 0.6) is 0 Å². The van der Waals surface area contributed by atoms with Crippen LogP contribution in [-0.2, 0) is 9.47 Å². The van der Waals surface area contributed by atoms with Crippen molar-refractivity contribution in [2.75, 3.05) is 26.8 Å². The number of hydrogen-bond donors (Lipinski definition) is 1. The molecule has 0 aromatic heterocycles. The molecule has 0 aromatic carbocycles. The van der Waals surface area contributed by atoms with Crippen molar-refractivity contribution in [1.82, 2.24) is 5.32 Å². The van der Waals surface area contributed by atoms with Crippen molar-refractivity contribution >= 4 is 0 Å². The molecular weight excluding hydrogens is 226 g/mol. The van der Waals surface area contributed by atoms with E-state index in [1.165, 1.54) is 6.42 Å². The number of ether oxygens (including phenoxy) is 2. The Morgan fingerprint density at radius 1 is 1.17 bits per heavy atom. The van der Waals surface area contributed by atoms with Crippen molar-refractivity contribution in [3.63, 3.8) is 0 Å². The van der Waals surface area contributed by atoms with Gasteiger partial charge in [-0.1, -0.05) is 13.8 Å². The summed E-state index contributed by atoms with van der Waals surface area (Å²) in [6.45, 7) is 13.8. The molecule has 18 heavy (non-hydrogen) atoms. The van der Waals surface area contributed by atoms with Gasteiger partial charge in [0, 0.05) is 13.7 Å². The van der Waals surface area contributed by atoms with Crippen molar-refractivity contribution in [3.8, 4) is 0 Å². The molecule has 0 heterocycles. The molecule has 0 rings (SSSR count).